The molecule has 0 radical (unpaired) electrons. The highest BCUT2D eigenvalue weighted by atomic mass is 127. The first-order valence-corrected chi connectivity index (χ1v) is 4.78. The molecule has 0 saturated heterocycles. The summed E-state index contributed by atoms with van der Waals surface area (Å²) in [5.41, 5.74) is 3.58. The molecular weight excluding hydrogens is 350 g/mol. The number of ether oxygens (including phenoxy) is 1. The predicted molar refractivity (Wildman–Crippen MR) is 53.0 cm³/mol. The second-order valence-electron chi connectivity index (χ2n) is 2.58. The zero-order valence-corrected chi connectivity index (χ0v) is 9.51. The molecule has 90 valence electrons. The molecule has 1 aromatic rings. The average molecular weight is 354 g/mol. The minimum Gasteiger partial charge on any atom is -0.401 e. The lowest BCUT2D eigenvalue weighted by Gasteiger charge is -2.14. The van der Waals surface area contributed by atoms with Crippen molar-refractivity contribution < 1.29 is 26.7 Å². The Labute approximate surface area is 99.9 Å². The van der Waals surface area contributed by atoms with Crippen LogP contribution in [0.4, 0.5) is 27.6 Å². The smallest absolute Gasteiger partial charge is 0.401 e. The Balaban J connectivity index is 3.26. The standard InChI is InChI=1S/C7H4F5IN2O/c8-6(9)4-5(16-7(10,11)12)3(14)2(13)1-15-4/h1,6H,(H2,14,15). The molecule has 0 atom stereocenters. The van der Waals surface area contributed by atoms with Crippen LogP contribution in [0.2, 0.25) is 0 Å². The Morgan fingerprint density at radius 1 is 1.38 bits per heavy atom. The number of halogens is 6. The lowest BCUT2D eigenvalue weighted by Crippen LogP contribution is -2.20. The van der Waals surface area contributed by atoms with Gasteiger partial charge in [-0.3, -0.25) is 4.98 Å². The number of hydrogen-bond donors (Lipinski definition) is 1. The summed E-state index contributed by atoms with van der Waals surface area (Å²) in [5, 5.41) is 0. The van der Waals surface area contributed by atoms with E-state index in [2.05, 4.69) is 9.72 Å². The Morgan fingerprint density at radius 2 is 1.94 bits per heavy atom. The monoisotopic (exact) mass is 354 g/mol. The molecular formula is C7H4F5IN2O. The highest BCUT2D eigenvalue weighted by molar-refractivity contribution is 14.1. The third-order valence-corrected chi connectivity index (χ3v) is 2.34. The van der Waals surface area contributed by atoms with Crippen molar-refractivity contribution in [2.45, 2.75) is 12.8 Å². The van der Waals surface area contributed by atoms with E-state index in [0.29, 0.717) is 0 Å². The van der Waals surface area contributed by atoms with Crippen molar-refractivity contribution >= 4 is 28.3 Å². The van der Waals surface area contributed by atoms with Crippen LogP contribution in [0.25, 0.3) is 0 Å². The maximum absolute atomic E-state index is 12.3. The maximum atomic E-state index is 12.3. The molecule has 0 aromatic carbocycles. The zero-order chi connectivity index (χ0) is 12.5. The number of aromatic nitrogens is 1. The summed E-state index contributed by atoms with van der Waals surface area (Å²) in [5.74, 6) is -1.14. The summed E-state index contributed by atoms with van der Waals surface area (Å²) in [6.45, 7) is 0. The van der Waals surface area contributed by atoms with Crippen molar-refractivity contribution in [3.63, 3.8) is 0 Å². The number of rotatable bonds is 2. The van der Waals surface area contributed by atoms with Gasteiger partial charge in [-0.05, 0) is 22.6 Å². The summed E-state index contributed by atoms with van der Waals surface area (Å²) in [7, 11) is 0. The van der Waals surface area contributed by atoms with Gasteiger partial charge in [-0.2, -0.15) is 0 Å². The minimum atomic E-state index is -5.09. The molecule has 0 fully saturated rings. The van der Waals surface area contributed by atoms with Crippen molar-refractivity contribution in [3.05, 3.63) is 15.5 Å². The Morgan fingerprint density at radius 3 is 2.38 bits per heavy atom. The van der Waals surface area contributed by atoms with Crippen LogP contribution in [-0.4, -0.2) is 11.3 Å². The van der Waals surface area contributed by atoms with E-state index >= 15 is 0 Å². The Bertz CT molecular complexity index is 395. The van der Waals surface area contributed by atoms with Crippen LogP contribution < -0.4 is 10.5 Å². The van der Waals surface area contributed by atoms with Gasteiger partial charge in [-0.15, -0.1) is 13.2 Å². The van der Waals surface area contributed by atoms with Gasteiger partial charge in [0.1, 0.15) is 0 Å². The summed E-state index contributed by atoms with van der Waals surface area (Å²) < 4.78 is 64.1. The second kappa shape index (κ2) is 4.55. The lowest BCUT2D eigenvalue weighted by atomic mass is 10.3. The molecule has 9 heteroatoms. The van der Waals surface area contributed by atoms with E-state index in [1.807, 2.05) is 0 Å². The van der Waals surface area contributed by atoms with Gasteiger partial charge >= 0.3 is 6.36 Å². The number of nitrogen functional groups attached to an aromatic ring is 1. The summed E-state index contributed by atoms with van der Waals surface area (Å²) in [4.78, 5) is 3.16. The molecule has 1 rings (SSSR count). The van der Waals surface area contributed by atoms with Crippen LogP contribution in [-0.2, 0) is 0 Å². The maximum Gasteiger partial charge on any atom is 0.573 e. The van der Waals surface area contributed by atoms with Gasteiger partial charge < -0.3 is 10.5 Å². The van der Waals surface area contributed by atoms with Crippen LogP contribution in [0.1, 0.15) is 12.1 Å². The average Bonchev–Trinajstić information content (AvgIpc) is 2.10. The molecule has 0 aliphatic rings. The first kappa shape index (κ1) is 13.2. The topological polar surface area (TPSA) is 48.1 Å². The van der Waals surface area contributed by atoms with Gasteiger partial charge in [0.2, 0.25) is 0 Å². The third-order valence-electron chi connectivity index (χ3n) is 1.48. The van der Waals surface area contributed by atoms with E-state index in [1.165, 1.54) is 0 Å². The fraction of sp³-hybridized carbons (Fsp3) is 0.286. The number of pyridine rings is 1. The van der Waals surface area contributed by atoms with Gasteiger partial charge in [0, 0.05) is 6.20 Å². The first-order chi connectivity index (χ1) is 7.22. The number of alkyl halides is 5. The predicted octanol–water partition coefficient (Wildman–Crippen LogP) is 3.10. The molecule has 0 aliphatic heterocycles. The fourth-order valence-electron chi connectivity index (χ4n) is 0.879. The van der Waals surface area contributed by atoms with Crippen molar-refractivity contribution in [3.8, 4) is 5.75 Å². The van der Waals surface area contributed by atoms with E-state index in [0.717, 1.165) is 6.20 Å². The number of nitrogens with zero attached hydrogens (tertiary/aromatic N) is 1. The van der Waals surface area contributed by atoms with Crippen molar-refractivity contribution in [2.24, 2.45) is 0 Å². The summed E-state index contributed by atoms with van der Waals surface area (Å²) in [6.07, 6.45) is -7.35. The molecule has 0 spiro atoms. The normalized spacial score (nSPS) is 11.9. The van der Waals surface area contributed by atoms with Gasteiger partial charge in [-0.1, -0.05) is 0 Å². The van der Waals surface area contributed by atoms with Crippen molar-refractivity contribution in [1.29, 1.82) is 0 Å². The van der Waals surface area contributed by atoms with Gasteiger partial charge in [0.15, 0.2) is 11.4 Å². The Hall–Kier alpha value is -0.870. The SMILES string of the molecule is Nc1c(I)cnc(C(F)F)c1OC(F)(F)F. The van der Waals surface area contributed by atoms with Crippen LogP contribution in [0.15, 0.2) is 6.20 Å². The Kier molecular flexibility index (Phi) is 3.76. The van der Waals surface area contributed by atoms with E-state index in [4.69, 9.17) is 5.73 Å². The minimum absolute atomic E-state index is 0.0984. The van der Waals surface area contributed by atoms with Crippen LogP contribution in [0.3, 0.4) is 0 Å². The molecule has 0 saturated carbocycles. The zero-order valence-electron chi connectivity index (χ0n) is 7.36. The van der Waals surface area contributed by atoms with E-state index in [-0.39, 0.29) is 3.57 Å². The first-order valence-electron chi connectivity index (χ1n) is 3.70. The largest absolute Gasteiger partial charge is 0.573 e. The van der Waals surface area contributed by atoms with Gasteiger partial charge in [0.25, 0.3) is 6.43 Å². The lowest BCUT2D eigenvalue weighted by molar-refractivity contribution is -0.275. The molecule has 0 amide bonds. The highest BCUT2D eigenvalue weighted by Gasteiger charge is 2.35. The quantitative estimate of drug-likeness (QED) is 0.656. The summed E-state index contributed by atoms with van der Waals surface area (Å²) >= 11 is 1.56. The van der Waals surface area contributed by atoms with E-state index < -0.39 is 29.9 Å². The molecule has 1 heterocycles. The van der Waals surface area contributed by atoms with Gasteiger partial charge in [-0.25, -0.2) is 8.78 Å². The number of hydrogen-bond acceptors (Lipinski definition) is 3. The van der Waals surface area contributed by atoms with E-state index in [1.54, 1.807) is 22.6 Å². The molecule has 0 bridgehead atoms. The van der Waals surface area contributed by atoms with Crippen LogP contribution >= 0.6 is 22.6 Å². The number of nitrogens with two attached hydrogens (primary N) is 1. The molecule has 16 heavy (non-hydrogen) atoms. The number of anilines is 1. The van der Waals surface area contributed by atoms with E-state index in [9.17, 15) is 22.0 Å². The van der Waals surface area contributed by atoms with Crippen molar-refractivity contribution in [1.82, 2.24) is 4.98 Å². The molecule has 0 unspecified atom stereocenters. The molecule has 0 aliphatic carbocycles. The molecule has 2 N–H and O–H groups in total. The molecule has 1 aromatic heterocycles. The van der Waals surface area contributed by atoms with Gasteiger partial charge in [0.05, 0.1) is 9.26 Å². The fourth-order valence-corrected chi connectivity index (χ4v) is 1.26. The molecule has 3 nitrogen and oxygen atoms in total. The summed E-state index contributed by atoms with van der Waals surface area (Å²) in [6, 6.07) is 0. The second-order valence-corrected chi connectivity index (χ2v) is 3.74. The van der Waals surface area contributed by atoms with Crippen LogP contribution in [0, 0.1) is 3.57 Å². The van der Waals surface area contributed by atoms with Crippen molar-refractivity contribution in [2.75, 3.05) is 5.73 Å². The van der Waals surface area contributed by atoms with Crippen LogP contribution in [0.5, 0.6) is 5.75 Å². The third kappa shape index (κ3) is 3.06. The highest BCUT2D eigenvalue weighted by Crippen LogP contribution is 2.37.